The van der Waals surface area contributed by atoms with Crippen LogP contribution in [0.25, 0.3) is 11.1 Å². The van der Waals surface area contributed by atoms with Crippen molar-refractivity contribution in [2.75, 3.05) is 6.54 Å². The number of amides is 1. The summed E-state index contributed by atoms with van der Waals surface area (Å²) in [5.74, 6) is -0.393. The number of aliphatic hydroxyl groups excluding tert-OH is 1. The van der Waals surface area contributed by atoms with Gasteiger partial charge < -0.3 is 19.7 Å². The van der Waals surface area contributed by atoms with Crippen molar-refractivity contribution in [3.8, 4) is 16.9 Å². The van der Waals surface area contributed by atoms with Crippen molar-refractivity contribution in [3.63, 3.8) is 0 Å². The summed E-state index contributed by atoms with van der Waals surface area (Å²) in [4.78, 5) is 41.5. The van der Waals surface area contributed by atoms with E-state index in [0.29, 0.717) is 23.5 Å². The monoisotopic (exact) mass is 552 g/mol. The van der Waals surface area contributed by atoms with E-state index < -0.39 is 17.5 Å². The fraction of sp³-hybridized carbons (Fsp3) is 0.161. The van der Waals surface area contributed by atoms with E-state index in [-0.39, 0.29) is 19.0 Å². The minimum Gasteiger partial charge on any atom is -0.489 e. The van der Waals surface area contributed by atoms with Crippen LogP contribution in [0.1, 0.15) is 38.7 Å². The number of aromatic nitrogens is 3. The molecule has 2 aromatic heterocycles. The summed E-state index contributed by atoms with van der Waals surface area (Å²) in [5, 5.41) is 13.1. The Labute approximate surface area is 234 Å². The van der Waals surface area contributed by atoms with Gasteiger partial charge in [-0.1, -0.05) is 36.4 Å². The van der Waals surface area contributed by atoms with Crippen LogP contribution in [0.4, 0.5) is 0 Å². The van der Waals surface area contributed by atoms with Crippen molar-refractivity contribution in [2.24, 2.45) is 0 Å². The zero-order valence-corrected chi connectivity index (χ0v) is 22.2. The quantitative estimate of drug-likeness (QED) is 0.241. The maximum absolute atomic E-state index is 12.7. The number of aryl methyl sites for hydroxylation is 1. The SMILES string of the molecule is Cc1cc(C(=O)NCC(O)c2ccncc2)ccc1-c1cccc(COc2ccc(Cn3oc(=O)[nH]c3=O)cc2)c1. The smallest absolute Gasteiger partial charge is 0.440 e. The Morgan fingerprint density at radius 3 is 2.51 bits per heavy atom. The second kappa shape index (κ2) is 12.3. The van der Waals surface area contributed by atoms with Crippen LogP contribution < -0.4 is 21.5 Å². The first-order chi connectivity index (χ1) is 19.9. The molecule has 0 radical (unpaired) electrons. The van der Waals surface area contributed by atoms with Crippen LogP contribution in [0, 0.1) is 6.92 Å². The zero-order chi connectivity index (χ0) is 28.8. The van der Waals surface area contributed by atoms with Gasteiger partial charge in [-0.05, 0) is 82.8 Å². The Balaban J connectivity index is 1.19. The van der Waals surface area contributed by atoms with Crippen LogP contribution in [-0.2, 0) is 13.2 Å². The number of rotatable bonds is 10. The Morgan fingerprint density at radius 2 is 1.80 bits per heavy atom. The number of aromatic amines is 1. The van der Waals surface area contributed by atoms with Crippen LogP contribution in [0.2, 0.25) is 0 Å². The summed E-state index contributed by atoms with van der Waals surface area (Å²) in [5.41, 5.74) is 5.29. The third kappa shape index (κ3) is 6.87. The molecule has 10 heteroatoms. The summed E-state index contributed by atoms with van der Waals surface area (Å²) in [6.07, 6.45) is 2.38. The zero-order valence-electron chi connectivity index (χ0n) is 22.2. The lowest BCUT2D eigenvalue weighted by Gasteiger charge is -2.14. The predicted molar refractivity (Wildman–Crippen MR) is 152 cm³/mol. The highest BCUT2D eigenvalue weighted by molar-refractivity contribution is 5.95. The van der Waals surface area contributed by atoms with Crippen molar-refractivity contribution in [3.05, 3.63) is 140 Å². The summed E-state index contributed by atoms with van der Waals surface area (Å²) in [6.45, 7) is 2.53. The lowest BCUT2D eigenvalue weighted by Crippen LogP contribution is -2.28. The van der Waals surface area contributed by atoms with E-state index in [0.717, 1.165) is 32.6 Å². The summed E-state index contributed by atoms with van der Waals surface area (Å²) >= 11 is 0. The van der Waals surface area contributed by atoms with Gasteiger partial charge in [0.25, 0.3) is 5.91 Å². The van der Waals surface area contributed by atoms with E-state index in [1.807, 2.05) is 43.3 Å². The van der Waals surface area contributed by atoms with E-state index >= 15 is 0 Å². The number of nitrogens with one attached hydrogen (secondary N) is 2. The van der Waals surface area contributed by atoms with E-state index in [2.05, 4.69) is 15.3 Å². The van der Waals surface area contributed by atoms with Gasteiger partial charge in [0.05, 0.1) is 12.6 Å². The molecule has 3 N–H and O–H groups in total. The molecule has 2 heterocycles. The van der Waals surface area contributed by atoms with Crippen molar-refractivity contribution in [1.29, 1.82) is 0 Å². The number of carbonyl (C=O) groups excluding carboxylic acids is 1. The molecule has 0 saturated carbocycles. The maximum atomic E-state index is 12.7. The average Bonchev–Trinajstić information content (AvgIpc) is 3.31. The number of nitrogens with zero attached hydrogens (tertiary/aromatic N) is 2. The second-order valence-corrected chi connectivity index (χ2v) is 9.51. The fourth-order valence-corrected chi connectivity index (χ4v) is 4.39. The first kappa shape index (κ1) is 27.4. The van der Waals surface area contributed by atoms with E-state index in [1.165, 1.54) is 0 Å². The van der Waals surface area contributed by atoms with Crippen LogP contribution in [-0.4, -0.2) is 32.3 Å². The lowest BCUT2D eigenvalue weighted by atomic mass is 9.97. The molecule has 0 aliphatic heterocycles. The van der Waals surface area contributed by atoms with E-state index in [9.17, 15) is 19.5 Å². The molecule has 0 aliphatic carbocycles. The molecular formula is C31H28N4O6. The number of pyridine rings is 1. The van der Waals surface area contributed by atoms with E-state index in [1.54, 1.807) is 54.9 Å². The molecule has 10 nitrogen and oxygen atoms in total. The van der Waals surface area contributed by atoms with Gasteiger partial charge in [0.15, 0.2) is 0 Å². The summed E-state index contributed by atoms with van der Waals surface area (Å²) < 4.78 is 11.7. The first-order valence-electron chi connectivity index (χ1n) is 12.9. The molecule has 1 amide bonds. The number of carbonyl (C=O) groups is 1. The van der Waals surface area contributed by atoms with Crippen molar-refractivity contribution in [1.82, 2.24) is 20.0 Å². The normalized spacial score (nSPS) is 11.7. The number of H-pyrrole nitrogens is 1. The average molecular weight is 553 g/mol. The van der Waals surface area contributed by atoms with Gasteiger partial charge in [0.2, 0.25) is 0 Å². The Bertz CT molecular complexity index is 1760. The minimum atomic E-state index is -0.815. The highest BCUT2D eigenvalue weighted by Gasteiger charge is 2.13. The molecule has 0 spiro atoms. The van der Waals surface area contributed by atoms with Gasteiger partial charge in [-0.2, -0.15) is 0 Å². The Kier molecular flexibility index (Phi) is 8.21. The number of hydrogen-bond acceptors (Lipinski definition) is 7. The van der Waals surface area contributed by atoms with Crippen LogP contribution in [0.5, 0.6) is 5.75 Å². The molecule has 0 fully saturated rings. The summed E-state index contributed by atoms with van der Waals surface area (Å²) in [6, 6.07) is 24.1. The maximum Gasteiger partial charge on any atom is 0.440 e. The number of aliphatic hydroxyl groups is 1. The molecule has 208 valence electrons. The number of hydrogen-bond donors (Lipinski definition) is 3. The molecule has 41 heavy (non-hydrogen) atoms. The molecule has 5 rings (SSSR count). The van der Waals surface area contributed by atoms with Crippen molar-refractivity contribution < 1.29 is 19.2 Å². The molecule has 5 aromatic rings. The standard InChI is InChI=1S/C31H28N4O6/c1-20-15-25(29(37)33-17-28(36)23-11-13-32-14-12-23)7-10-27(20)24-4-2-3-22(16-24)19-40-26-8-5-21(6-9-26)18-35-30(38)34-31(39)41-35/h2-16,28,36H,17-19H2,1H3,(H,33,37)(H,34,38,39). The predicted octanol–water partition coefficient (Wildman–Crippen LogP) is 3.59. The Hall–Kier alpha value is -5.22. The van der Waals surface area contributed by atoms with E-state index in [4.69, 9.17) is 9.26 Å². The third-order valence-electron chi connectivity index (χ3n) is 6.56. The fourth-order valence-electron chi connectivity index (χ4n) is 4.39. The largest absolute Gasteiger partial charge is 0.489 e. The highest BCUT2D eigenvalue weighted by atomic mass is 16.5. The Morgan fingerprint density at radius 1 is 1.02 bits per heavy atom. The molecule has 3 aromatic carbocycles. The van der Waals surface area contributed by atoms with Crippen molar-refractivity contribution >= 4 is 5.91 Å². The van der Waals surface area contributed by atoms with Crippen LogP contribution >= 0.6 is 0 Å². The lowest BCUT2D eigenvalue weighted by molar-refractivity contribution is 0.0916. The topological polar surface area (TPSA) is 139 Å². The molecule has 1 unspecified atom stereocenters. The molecule has 0 aliphatic rings. The molecular weight excluding hydrogens is 524 g/mol. The van der Waals surface area contributed by atoms with Gasteiger partial charge in [0, 0.05) is 24.5 Å². The van der Waals surface area contributed by atoms with Gasteiger partial charge >= 0.3 is 11.4 Å². The van der Waals surface area contributed by atoms with Gasteiger partial charge in [-0.3, -0.25) is 9.78 Å². The van der Waals surface area contributed by atoms with Crippen molar-refractivity contribution in [2.45, 2.75) is 26.2 Å². The van der Waals surface area contributed by atoms with Crippen LogP contribution in [0.3, 0.4) is 0 Å². The van der Waals surface area contributed by atoms with Crippen LogP contribution in [0.15, 0.2) is 105 Å². The molecule has 1 atom stereocenters. The van der Waals surface area contributed by atoms with Gasteiger partial charge in [-0.25, -0.2) is 14.6 Å². The highest BCUT2D eigenvalue weighted by Crippen LogP contribution is 2.26. The third-order valence-corrected chi connectivity index (χ3v) is 6.56. The van der Waals surface area contributed by atoms with Gasteiger partial charge in [-0.15, -0.1) is 4.74 Å². The number of ether oxygens (including phenoxy) is 1. The molecule has 0 bridgehead atoms. The minimum absolute atomic E-state index is 0.0967. The number of benzene rings is 3. The van der Waals surface area contributed by atoms with Gasteiger partial charge in [0.1, 0.15) is 12.4 Å². The first-order valence-corrected chi connectivity index (χ1v) is 12.9. The molecule has 0 saturated heterocycles. The second-order valence-electron chi connectivity index (χ2n) is 9.51. The summed E-state index contributed by atoms with van der Waals surface area (Å²) in [7, 11) is 0.